The van der Waals surface area contributed by atoms with Crippen LogP contribution in [-0.2, 0) is 4.74 Å². The van der Waals surface area contributed by atoms with Gasteiger partial charge in [0.05, 0.1) is 42.6 Å². The van der Waals surface area contributed by atoms with Gasteiger partial charge in [-0.1, -0.05) is 37.1 Å². The number of unbranched alkanes of at least 4 members (excludes halogenated alkanes) is 1. The maximum absolute atomic E-state index is 12.7. The standard InChI is InChI=1S/C21H22ClN3O4/c1-4-5-10-29-21(26)19-20(24-15-9-7-6-8-14(15)23-19)25-16-11-13(22)17(27-2)12-18(16)28-3/h6-9,11-12H,4-5,10H2,1-3H3,(H,24,25). The molecular weight excluding hydrogens is 394 g/mol. The molecular formula is C21H22ClN3O4. The largest absolute Gasteiger partial charge is 0.495 e. The molecule has 3 aromatic rings. The van der Waals surface area contributed by atoms with Gasteiger partial charge >= 0.3 is 5.97 Å². The fourth-order valence-electron chi connectivity index (χ4n) is 2.69. The number of ether oxygens (including phenoxy) is 3. The van der Waals surface area contributed by atoms with E-state index in [-0.39, 0.29) is 11.5 Å². The lowest BCUT2D eigenvalue weighted by Gasteiger charge is -2.15. The average Bonchev–Trinajstić information content (AvgIpc) is 2.73. The van der Waals surface area contributed by atoms with Crippen LogP contribution < -0.4 is 14.8 Å². The van der Waals surface area contributed by atoms with Crippen LogP contribution in [0.15, 0.2) is 36.4 Å². The molecule has 0 fully saturated rings. The van der Waals surface area contributed by atoms with Gasteiger partial charge in [0.2, 0.25) is 0 Å². The molecule has 0 aliphatic heterocycles. The third-order valence-electron chi connectivity index (χ3n) is 4.22. The number of carbonyl (C=O) groups excluding carboxylic acids is 1. The summed E-state index contributed by atoms with van der Waals surface area (Å²) in [4.78, 5) is 21.7. The number of carbonyl (C=O) groups is 1. The number of para-hydroxylation sites is 2. The number of hydrogen-bond donors (Lipinski definition) is 1. The Kier molecular flexibility index (Phi) is 6.72. The topological polar surface area (TPSA) is 82.6 Å². The number of nitrogens with zero attached hydrogens (tertiary/aromatic N) is 2. The highest BCUT2D eigenvalue weighted by molar-refractivity contribution is 6.32. The summed E-state index contributed by atoms with van der Waals surface area (Å²) in [6.45, 7) is 2.34. The highest BCUT2D eigenvalue weighted by atomic mass is 35.5. The van der Waals surface area contributed by atoms with Crippen molar-refractivity contribution in [1.82, 2.24) is 9.97 Å². The molecule has 8 heteroatoms. The highest BCUT2D eigenvalue weighted by Gasteiger charge is 2.20. The molecule has 0 atom stereocenters. The van der Waals surface area contributed by atoms with Gasteiger partial charge in [-0.25, -0.2) is 14.8 Å². The quantitative estimate of drug-likeness (QED) is 0.409. The number of nitrogens with one attached hydrogen (secondary N) is 1. The monoisotopic (exact) mass is 415 g/mol. The Morgan fingerprint density at radius 3 is 2.41 bits per heavy atom. The van der Waals surface area contributed by atoms with Crippen molar-refractivity contribution in [3.05, 3.63) is 47.1 Å². The Morgan fingerprint density at radius 1 is 1.07 bits per heavy atom. The third kappa shape index (κ3) is 4.68. The van der Waals surface area contributed by atoms with Gasteiger partial charge in [0.25, 0.3) is 0 Å². The fraction of sp³-hybridized carbons (Fsp3) is 0.286. The molecule has 29 heavy (non-hydrogen) atoms. The van der Waals surface area contributed by atoms with E-state index in [0.29, 0.717) is 39.8 Å². The molecule has 3 rings (SSSR count). The molecule has 0 radical (unpaired) electrons. The molecule has 2 aromatic carbocycles. The fourth-order valence-corrected chi connectivity index (χ4v) is 2.93. The Morgan fingerprint density at radius 2 is 1.76 bits per heavy atom. The first-order valence-electron chi connectivity index (χ1n) is 9.19. The summed E-state index contributed by atoms with van der Waals surface area (Å²) in [5.74, 6) is 0.659. The van der Waals surface area contributed by atoms with Crippen LogP contribution in [0, 0.1) is 0 Å². The zero-order chi connectivity index (χ0) is 20.8. The second-order valence-corrected chi connectivity index (χ2v) is 6.62. The van der Waals surface area contributed by atoms with E-state index in [0.717, 1.165) is 12.8 Å². The SMILES string of the molecule is CCCCOC(=O)c1nc2ccccc2nc1Nc1cc(Cl)c(OC)cc1OC. The van der Waals surface area contributed by atoms with Gasteiger partial charge < -0.3 is 19.5 Å². The first-order chi connectivity index (χ1) is 14.1. The van der Waals surface area contributed by atoms with Crippen molar-refractivity contribution in [3.8, 4) is 11.5 Å². The van der Waals surface area contributed by atoms with Crippen LogP contribution in [0.2, 0.25) is 5.02 Å². The molecule has 7 nitrogen and oxygen atoms in total. The Balaban J connectivity index is 2.04. The van der Waals surface area contributed by atoms with E-state index in [4.69, 9.17) is 25.8 Å². The molecule has 152 valence electrons. The van der Waals surface area contributed by atoms with Gasteiger partial charge in [-0.3, -0.25) is 0 Å². The van der Waals surface area contributed by atoms with E-state index < -0.39 is 5.97 Å². The lowest BCUT2D eigenvalue weighted by Crippen LogP contribution is -2.13. The summed E-state index contributed by atoms with van der Waals surface area (Å²) in [5.41, 5.74) is 1.85. The minimum Gasteiger partial charge on any atom is -0.495 e. The number of halogens is 1. The van der Waals surface area contributed by atoms with Gasteiger partial charge in [0.15, 0.2) is 11.5 Å². The second-order valence-electron chi connectivity index (χ2n) is 6.21. The van der Waals surface area contributed by atoms with E-state index in [9.17, 15) is 4.79 Å². The predicted octanol–water partition coefficient (Wildman–Crippen LogP) is 5.00. The van der Waals surface area contributed by atoms with Crippen LogP contribution in [0.1, 0.15) is 30.3 Å². The maximum atomic E-state index is 12.7. The summed E-state index contributed by atoms with van der Waals surface area (Å²) in [7, 11) is 3.05. The Hall–Kier alpha value is -3.06. The minimum absolute atomic E-state index is 0.0915. The number of hydrogen-bond acceptors (Lipinski definition) is 7. The van der Waals surface area contributed by atoms with Gasteiger partial charge in [-0.05, 0) is 24.6 Å². The lowest BCUT2D eigenvalue weighted by molar-refractivity contribution is 0.0494. The highest BCUT2D eigenvalue weighted by Crippen LogP contribution is 2.37. The molecule has 0 spiro atoms. The molecule has 1 aromatic heterocycles. The number of fused-ring (bicyclic) bond motifs is 1. The minimum atomic E-state index is -0.544. The van der Waals surface area contributed by atoms with Crippen molar-refractivity contribution in [1.29, 1.82) is 0 Å². The van der Waals surface area contributed by atoms with Crippen molar-refractivity contribution in [2.45, 2.75) is 19.8 Å². The van der Waals surface area contributed by atoms with Crippen molar-refractivity contribution in [3.63, 3.8) is 0 Å². The number of benzene rings is 2. The van der Waals surface area contributed by atoms with Crippen molar-refractivity contribution < 1.29 is 19.0 Å². The second kappa shape index (κ2) is 9.43. The van der Waals surface area contributed by atoms with Crippen LogP contribution in [0.25, 0.3) is 11.0 Å². The summed E-state index contributed by atoms with van der Waals surface area (Å²) in [6, 6.07) is 10.6. The van der Waals surface area contributed by atoms with Crippen molar-refractivity contribution in [2.24, 2.45) is 0 Å². The van der Waals surface area contributed by atoms with Gasteiger partial charge in [-0.15, -0.1) is 0 Å². The number of methoxy groups -OCH3 is 2. The van der Waals surface area contributed by atoms with E-state index in [1.807, 2.05) is 25.1 Å². The zero-order valence-corrected chi connectivity index (χ0v) is 17.2. The van der Waals surface area contributed by atoms with Crippen molar-refractivity contribution in [2.75, 3.05) is 26.1 Å². The van der Waals surface area contributed by atoms with E-state index >= 15 is 0 Å². The summed E-state index contributed by atoms with van der Waals surface area (Å²) in [5, 5.41) is 3.49. The Labute approximate surface area is 174 Å². The van der Waals surface area contributed by atoms with Crippen LogP contribution in [0.3, 0.4) is 0 Å². The first-order valence-corrected chi connectivity index (χ1v) is 9.57. The molecule has 0 saturated heterocycles. The molecule has 0 aliphatic carbocycles. The molecule has 0 unspecified atom stereocenters. The molecule has 1 N–H and O–H groups in total. The van der Waals surface area contributed by atoms with Crippen LogP contribution in [0.4, 0.5) is 11.5 Å². The molecule has 0 bridgehead atoms. The third-order valence-corrected chi connectivity index (χ3v) is 4.52. The summed E-state index contributed by atoms with van der Waals surface area (Å²) < 4.78 is 16.0. The number of aromatic nitrogens is 2. The van der Waals surface area contributed by atoms with E-state index in [1.54, 1.807) is 18.2 Å². The average molecular weight is 416 g/mol. The summed E-state index contributed by atoms with van der Waals surface area (Å²) in [6.07, 6.45) is 1.70. The number of anilines is 2. The predicted molar refractivity (Wildman–Crippen MR) is 113 cm³/mol. The summed E-state index contributed by atoms with van der Waals surface area (Å²) >= 11 is 6.26. The molecule has 1 heterocycles. The van der Waals surface area contributed by atoms with E-state index in [2.05, 4.69) is 15.3 Å². The van der Waals surface area contributed by atoms with E-state index in [1.165, 1.54) is 14.2 Å². The van der Waals surface area contributed by atoms with Gasteiger partial charge in [0, 0.05) is 6.07 Å². The number of esters is 1. The van der Waals surface area contributed by atoms with Gasteiger partial charge in [0.1, 0.15) is 11.5 Å². The van der Waals surface area contributed by atoms with Crippen LogP contribution in [0.5, 0.6) is 11.5 Å². The number of rotatable bonds is 8. The van der Waals surface area contributed by atoms with Crippen LogP contribution >= 0.6 is 11.6 Å². The molecule has 0 aliphatic rings. The zero-order valence-electron chi connectivity index (χ0n) is 16.5. The van der Waals surface area contributed by atoms with Crippen LogP contribution in [-0.4, -0.2) is 36.8 Å². The molecule has 0 amide bonds. The first kappa shape index (κ1) is 20.7. The smallest absolute Gasteiger partial charge is 0.360 e. The van der Waals surface area contributed by atoms with Gasteiger partial charge in [-0.2, -0.15) is 0 Å². The van der Waals surface area contributed by atoms with Crippen molar-refractivity contribution >= 4 is 40.1 Å². The molecule has 0 saturated carbocycles. The maximum Gasteiger partial charge on any atom is 0.360 e. The Bertz CT molecular complexity index is 1030. The normalized spacial score (nSPS) is 10.6. The lowest BCUT2D eigenvalue weighted by atomic mass is 10.2.